The molecule has 32 heavy (non-hydrogen) atoms. The van der Waals surface area contributed by atoms with Crippen LogP contribution in [-0.4, -0.2) is 31.3 Å². The predicted molar refractivity (Wildman–Crippen MR) is 131 cm³/mol. The van der Waals surface area contributed by atoms with Gasteiger partial charge >= 0.3 is 5.97 Å². The summed E-state index contributed by atoms with van der Waals surface area (Å²) < 4.78 is 1.37. The third kappa shape index (κ3) is 9.31. The van der Waals surface area contributed by atoms with Crippen LogP contribution in [0.1, 0.15) is 101 Å². The highest BCUT2D eigenvalue weighted by atomic mass is 32.2. The van der Waals surface area contributed by atoms with Gasteiger partial charge in [0, 0.05) is 5.25 Å². The molecule has 0 fully saturated rings. The number of aromatic nitrogens is 4. The van der Waals surface area contributed by atoms with Crippen molar-refractivity contribution in [1.82, 2.24) is 20.2 Å². The van der Waals surface area contributed by atoms with Gasteiger partial charge in [-0.2, -0.15) is 0 Å². The lowest BCUT2D eigenvalue weighted by molar-refractivity contribution is -0.138. The van der Waals surface area contributed by atoms with Gasteiger partial charge in [0.1, 0.15) is 6.54 Å². The average molecular weight is 461 g/mol. The van der Waals surface area contributed by atoms with E-state index in [-0.39, 0.29) is 11.8 Å². The summed E-state index contributed by atoms with van der Waals surface area (Å²) in [4.78, 5) is 11.1. The van der Waals surface area contributed by atoms with Gasteiger partial charge in [-0.15, -0.1) is 5.10 Å². The first-order valence-corrected chi connectivity index (χ1v) is 13.1. The van der Waals surface area contributed by atoms with E-state index in [4.69, 9.17) is 5.11 Å². The topological polar surface area (TPSA) is 80.9 Å². The first-order chi connectivity index (χ1) is 15.5. The predicted octanol–water partition coefficient (Wildman–Crippen LogP) is 6.71. The maximum absolute atomic E-state index is 11.1. The van der Waals surface area contributed by atoms with E-state index >= 15 is 0 Å². The van der Waals surface area contributed by atoms with Gasteiger partial charge in [-0.25, -0.2) is 4.68 Å². The lowest BCUT2D eigenvalue weighted by Crippen LogP contribution is -2.13. The Morgan fingerprint density at radius 1 is 1.00 bits per heavy atom. The molecule has 0 saturated heterocycles. The molecule has 0 aliphatic rings. The number of benzene rings is 1. The van der Waals surface area contributed by atoms with Crippen molar-refractivity contribution in [3.8, 4) is 0 Å². The van der Waals surface area contributed by atoms with Crippen molar-refractivity contribution >= 4 is 17.7 Å². The smallest absolute Gasteiger partial charge is 0.325 e. The molecule has 1 aromatic carbocycles. The van der Waals surface area contributed by atoms with Crippen molar-refractivity contribution in [2.75, 3.05) is 0 Å². The second-order valence-electron chi connectivity index (χ2n) is 8.93. The molecule has 1 aromatic heterocycles. The molecule has 2 rings (SSSR count). The molecule has 1 atom stereocenters. The summed E-state index contributed by atoms with van der Waals surface area (Å²) in [7, 11) is 0. The Morgan fingerprint density at radius 3 is 2.25 bits per heavy atom. The van der Waals surface area contributed by atoms with Crippen molar-refractivity contribution in [1.29, 1.82) is 0 Å². The van der Waals surface area contributed by atoms with Crippen LogP contribution in [0, 0.1) is 5.92 Å². The van der Waals surface area contributed by atoms with E-state index in [9.17, 15) is 4.79 Å². The molecule has 0 aliphatic heterocycles. The molecule has 2 aromatic rings. The summed E-state index contributed by atoms with van der Waals surface area (Å²) in [6.07, 6.45) is 14.5. The Kier molecular flexibility index (Phi) is 12.4. The number of carboxylic acids is 1. The lowest BCUT2D eigenvalue weighted by atomic mass is 9.94. The summed E-state index contributed by atoms with van der Waals surface area (Å²) in [5.74, 6) is -0.578. The number of hydrogen-bond acceptors (Lipinski definition) is 5. The minimum Gasteiger partial charge on any atom is -0.480 e. The Hall–Kier alpha value is -1.89. The van der Waals surface area contributed by atoms with Gasteiger partial charge in [0.05, 0.1) is 0 Å². The number of carbonyl (C=O) groups is 1. The highest BCUT2D eigenvalue weighted by Crippen LogP contribution is 2.41. The molecule has 0 aliphatic carbocycles. The van der Waals surface area contributed by atoms with Crippen molar-refractivity contribution < 1.29 is 9.90 Å². The number of thioether (sulfide) groups is 1. The van der Waals surface area contributed by atoms with Crippen LogP contribution in [0.2, 0.25) is 0 Å². The molecule has 1 unspecified atom stereocenters. The van der Waals surface area contributed by atoms with Crippen LogP contribution in [0.4, 0.5) is 0 Å². The number of tetrazole rings is 1. The van der Waals surface area contributed by atoms with E-state index in [0.717, 1.165) is 6.42 Å². The fraction of sp³-hybridized carbons (Fsp3) is 0.680. The van der Waals surface area contributed by atoms with E-state index in [1.165, 1.54) is 80.0 Å². The second kappa shape index (κ2) is 15.0. The van der Waals surface area contributed by atoms with Crippen LogP contribution >= 0.6 is 11.8 Å². The Morgan fingerprint density at radius 2 is 1.62 bits per heavy atom. The van der Waals surface area contributed by atoms with E-state index in [2.05, 4.69) is 60.6 Å². The first kappa shape index (κ1) is 26.4. The van der Waals surface area contributed by atoms with Crippen LogP contribution in [0.5, 0.6) is 0 Å². The normalized spacial score (nSPS) is 12.4. The maximum atomic E-state index is 11.1. The minimum atomic E-state index is -0.943. The number of hydrogen-bond donors (Lipinski definition) is 1. The number of nitrogens with zero attached hydrogens (tertiary/aromatic N) is 4. The highest BCUT2D eigenvalue weighted by Gasteiger charge is 2.23. The number of aryl methyl sites for hydroxylation is 1. The van der Waals surface area contributed by atoms with Crippen LogP contribution in [-0.2, 0) is 17.8 Å². The number of aliphatic carboxylic acids is 1. The zero-order valence-electron chi connectivity index (χ0n) is 20.0. The molecule has 1 heterocycles. The molecular formula is C25H40N4O2S. The average Bonchev–Trinajstić information content (AvgIpc) is 3.19. The van der Waals surface area contributed by atoms with Crippen LogP contribution in [0.3, 0.4) is 0 Å². The molecule has 0 bridgehead atoms. The Labute approximate surface area is 197 Å². The maximum Gasteiger partial charge on any atom is 0.325 e. The zero-order valence-corrected chi connectivity index (χ0v) is 20.8. The van der Waals surface area contributed by atoms with Gasteiger partial charge in [0.2, 0.25) is 5.16 Å². The third-order valence-electron chi connectivity index (χ3n) is 5.78. The summed E-state index contributed by atoms with van der Waals surface area (Å²) in [6.45, 7) is 6.43. The van der Waals surface area contributed by atoms with Crippen LogP contribution < -0.4 is 0 Å². The first-order valence-electron chi connectivity index (χ1n) is 12.2. The monoisotopic (exact) mass is 460 g/mol. The van der Waals surface area contributed by atoms with Crippen molar-refractivity contribution in [2.45, 2.75) is 108 Å². The summed E-state index contributed by atoms with van der Waals surface area (Å²) >= 11 is 1.56. The lowest BCUT2D eigenvalue weighted by Gasteiger charge is -2.23. The molecule has 1 N–H and O–H groups in total. The third-order valence-corrected chi connectivity index (χ3v) is 7.34. The number of rotatable bonds is 17. The van der Waals surface area contributed by atoms with Gasteiger partial charge in [0.25, 0.3) is 0 Å². The van der Waals surface area contributed by atoms with E-state index < -0.39 is 5.97 Å². The summed E-state index contributed by atoms with van der Waals surface area (Å²) in [6, 6.07) is 8.65. The van der Waals surface area contributed by atoms with Gasteiger partial charge in [-0.05, 0) is 40.3 Å². The molecule has 0 spiro atoms. The van der Waals surface area contributed by atoms with Crippen molar-refractivity contribution in [2.24, 2.45) is 5.92 Å². The fourth-order valence-corrected chi connectivity index (χ4v) is 5.19. The Balaban J connectivity index is 1.88. The largest absolute Gasteiger partial charge is 0.480 e. The van der Waals surface area contributed by atoms with Crippen LogP contribution in [0.25, 0.3) is 0 Å². The van der Waals surface area contributed by atoms with Gasteiger partial charge < -0.3 is 5.11 Å². The molecule has 0 amide bonds. The number of carboxylic acid groups (broad SMARTS) is 1. The summed E-state index contributed by atoms with van der Waals surface area (Å²) in [5.41, 5.74) is 2.70. The second-order valence-corrected chi connectivity index (χ2v) is 10.0. The zero-order chi connectivity index (χ0) is 23.2. The molecule has 178 valence electrons. The highest BCUT2D eigenvalue weighted by molar-refractivity contribution is 7.99. The van der Waals surface area contributed by atoms with Crippen molar-refractivity contribution in [3.63, 3.8) is 0 Å². The Bertz CT molecular complexity index is 794. The number of unbranched alkanes of at least 4 members (excludes halogenated alkanes) is 9. The molecule has 6 nitrogen and oxygen atoms in total. The minimum absolute atomic E-state index is 0.174. The SMILES string of the molecule is CCCCCCCCCCCCc1ccccc1C(Sc1nnnn1CC(=O)O)C(C)C. The molecule has 7 heteroatoms. The molecule has 0 saturated carbocycles. The fourth-order valence-electron chi connectivity index (χ4n) is 4.02. The molecule has 0 radical (unpaired) electrons. The van der Waals surface area contributed by atoms with E-state index in [1.54, 1.807) is 11.8 Å². The van der Waals surface area contributed by atoms with E-state index in [1.807, 2.05) is 0 Å². The molecular weight excluding hydrogens is 420 g/mol. The standard InChI is InChI=1S/C25H40N4O2S/c1-4-5-6-7-8-9-10-11-12-13-16-21-17-14-15-18-22(21)24(20(2)3)32-25-26-27-28-29(25)19-23(30)31/h14-15,17-18,20,24H,4-13,16,19H2,1-3H3,(H,30,31). The summed E-state index contributed by atoms with van der Waals surface area (Å²) in [5, 5.41) is 21.4. The quantitative estimate of drug-likeness (QED) is 0.209. The van der Waals surface area contributed by atoms with Gasteiger partial charge in [-0.3, -0.25) is 4.79 Å². The van der Waals surface area contributed by atoms with Gasteiger partial charge in [0.15, 0.2) is 0 Å². The van der Waals surface area contributed by atoms with Crippen LogP contribution in [0.15, 0.2) is 29.4 Å². The van der Waals surface area contributed by atoms with Gasteiger partial charge in [-0.1, -0.05) is 115 Å². The van der Waals surface area contributed by atoms with Crippen molar-refractivity contribution in [3.05, 3.63) is 35.4 Å². The van der Waals surface area contributed by atoms with E-state index in [0.29, 0.717) is 11.1 Å².